The van der Waals surface area contributed by atoms with Gasteiger partial charge in [0.05, 0.1) is 25.2 Å². The zero-order valence-corrected chi connectivity index (χ0v) is 21.6. The molecule has 0 aliphatic heterocycles. The van der Waals surface area contributed by atoms with Crippen molar-refractivity contribution in [1.29, 1.82) is 0 Å². The van der Waals surface area contributed by atoms with Crippen LogP contribution in [0.25, 0.3) is 11.3 Å². The quantitative estimate of drug-likeness (QED) is 0.256. The van der Waals surface area contributed by atoms with Gasteiger partial charge in [-0.05, 0) is 61.5 Å². The molecular formula is C27H25N3O4S2. The van der Waals surface area contributed by atoms with E-state index in [1.165, 1.54) is 23.1 Å². The molecule has 0 aliphatic rings. The van der Waals surface area contributed by atoms with E-state index in [1.807, 2.05) is 60.8 Å². The van der Waals surface area contributed by atoms with Gasteiger partial charge in [0.2, 0.25) is 5.91 Å². The molecule has 1 heterocycles. The van der Waals surface area contributed by atoms with E-state index in [0.29, 0.717) is 22.1 Å². The molecule has 7 nitrogen and oxygen atoms in total. The number of benzene rings is 3. The maximum Gasteiger partial charge on any atom is 0.255 e. The van der Waals surface area contributed by atoms with Crippen LogP contribution in [0.4, 0.5) is 10.8 Å². The van der Waals surface area contributed by atoms with Crippen LogP contribution in [0, 0.1) is 0 Å². The number of anilines is 2. The summed E-state index contributed by atoms with van der Waals surface area (Å²) in [5.41, 5.74) is 2.88. The Balaban J connectivity index is 1.32. The number of aromatic nitrogens is 1. The first-order valence-electron chi connectivity index (χ1n) is 11.1. The van der Waals surface area contributed by atoms with Crippen LogP contribution in [0.1, 0.15) is 17.3 Å². The molecule has 0 bridgehead atoms. The van der Waals surface area contributed by atoms with Crippen LogP contribution >= 0.6 is 23.1 Å². The monoisotopic (exact) mass is 519 g/mol. The molecule has 0 fully saturated rings. The van der Waals surface area contributed by atoms with Crippen molar-refractivity contribution in [3.63, 3.8) is 0 Å². The summed E-state index contributed by atoms with van der Waals surface area (Å²) >= 11 is 2.80. The lowest BCUT2D eigenvalue weighted by molar-refractivity contribution is -0.115. The van der Waals surface area contributed by atoms with Crippen molar-refractivity contribution in [1.82, 2.24) is 4.98 Å². The van der Waals surface area contributed by atoms with E-state index in [-0.39, 0.29) is 17.1 Å². The van der Waals surface area contributed by atoms with E-state index in [9.17, 15) is 9.59 Å². The second kappa shape index (κ2) is 11.7. The molecule has 0 radical (unpaired) electrons. The van der Waals surface area contributed by atoms with Gasteiger partial charge in [-0.2, -0.15) is 0 Å². The second-order valence-corrected chi connectivity index (χ2v) is 10.0. The fraction of sp³-hybridized carbons (Fsp3) is 0.148. The number of hydrogen-bond acceptors (Lipinski definition) is 7. The minimum atomic E-state index is -0.341. The molecule has 1 unspecified atom stereocenters. The SMILES string of the molecule is COc1cccc(C(=O)Nc2ccc(SC(C)C(=O)Nc3nc(-c4cccc(OC)c4)cs3)cc2)c1. The third kappa shape index (κ3) is 6.44. The number of carbonyl (C=O) groups excluding carboxylic acids is 2. The number of nitrogens with zero attached hydrogens (tertiary/aromatic N) is 1. The number of rotatable bonds is 9. The number of hydrogen-bond donors (Lipinski definition) is 2. The Hall–Kier alpha value is -3.82. The van der Waals surface area contributed by atoms with E-state index >= 15 is 0 Å². The van der Waals surface area contributed by atoms with E-state index in [0.717, 1.165) is 21.9 Å². The number of ether oxygens (including phenoxy) is 2. The Morgan fingerprint density at radius 3 is 2.33 bits per heavy atom. The number of methoxy groups -OCH3 is 2. The number of nitrogens with one attached hydrogen (secondary N) is 2. The largest absolute Gasteiger partial charge is 0.497 e. The van der Waals surface area contributed by atoms with Gasteiger partial charge < -0.3 is 20.1 Å². The molecule has 1 aromatic heterocycles. The van der Waals surface area contributed by atoms with Crippen molar-refractivity contribution >= 4 is 45.7 Å². The van der Waals surface area contributed by atoms with Crippen LogP contribution < -0.4 is 20.1 Å². The third-order valence-corrected chi connectivity index (χ3v) is 7.10. The summed E-state index contributed by atoms with van der Waals surface area (Å²) in [4.78, 5) is 30.7. The first kappa shape index (κ1) is 25.3. The molecule has 4 rings (SSSR count). The van der Waals surface area contributed by atoms with Gasteiger partial charge in [0, 0.05) is 27.1 Å². The highest BCUT2D eigenvalue weighted by molar-refractivity contribution is 8.00. The number of thiazole rings is 1. The normalized spacial score (nSPS) is 11.4. The number of thioether (sulfide) groups is 1. The van der Waals surface area contributed by atoms with Gasteiger partial charge in [-0.25, -0.2) is 4.98 Å². The number of amides is 2. The summed E-state index contributed by atoms with van der Waals surface area (Å²) in [5, 5.41) is 7.87. The molecule has 0 aliphatic carbocycles. The molecule has 1 atom stereocenters. The molecule has 36 heavy (non-hydrogen) atoms. The molecule has 2 N–H and O–H groups in total. The van der Waals surface area contributed by atoms with Gasteiger partial charge in [0.25, 0.3) is 5.91 Å². The lowest BCUT2D eigenvalue weighted by Crippen LogP contribution is -2.22. The van der Waals surface area contributed by atoms with Crippen LogP contribution in [0.2, 0.25) is 0 Å². The average molecular weight is 520 g/mol. The molecular weight excluding hydrogens is 494 g/mol. The summed E-state index contributed by atoms with van der Waals surface area (Å²) in [6.07, 6.45) is 0. The van der Waals surface area contributed by atoms with Crippen molar-refractivity contribution in [2.45, 2.75) is 17.1 Å². The maximum absolute atomic E-state index is 12.7. The third-order valence-electron chi connectivity index (χ3n) is 5.23. The van der Waals surface area contributed by atoms with Crippen molar-refractivity contribution < 1.29 is 19.1 Å². The van der Waals surface area contributed by atoms with Crippen LogP contribution in [0.3, 0.4) is 0 Å². The van der Waals surface area contributed by atoms with Gasteiger partial charge in [0.15, 0.2) is 5.13 Å². The minimum Gasteiger partial charge on any atom is -0.497 e. The predicted octanol–water partition coefficient (Wildman–Crippen LogP) is 6.20. The van der Waals surface area contributed by atoms with Crippen molar-refractivity contribution in [3.8, 4) is 22.8 Å². The lowest BCUT2D eigenvalue weighted by Gasteiger charge is -2.11. The zero-order chi connectivity index (χ0) is 25.5. The molecule has 9 heteroatoms. The first-order chi connectivity index (χ1) is 17.4. The van der Waals surface area contributed by atoms with Crippen LogP contribution in [-0.4, -0.2) is 36.3 Å². The van der Waals surface area contributed by atoms with Crippen molar-refractivity contribution in [2.75, 3.05) is 24.9 Å². The highest BCUT2D eigenvalue weighted by Crippen LogP contribution is 2.29. The molecule has 0 saturated carbocycles. The summed E-state index contributed by atoms with van der Waals surface area (Å²) in [6, 6.07) is 22.0. The summed E-state index contributed by atoms with van der Waals surface area (Å²) in [5.74, 6) is 1.01. The summed E-state index contributed by atoms with van der Waals surface area (Å²) in [6.45, 7) is 1.84. The molecule has 3 aromatic carbocycles. The van der Waals surface area contributed by atoms with Crippen LogP contribution in [0.5, 0.6) is 11.5 Å². The number of carbonyl (C=O) groups is 2. The van der Waals surface area contributed by atoms with Gasteiger partial charge >= 0.3 is 0 Å². The van der Waals surface area contributed by atoms with Gasteiger partial charge in [0.1, 0.15) is 11.5 Å². The summed E-state index contributed by atoms with van der Waals surface area (Å²) in [7, 11) is 3.18. The van der Waals surface area contributed by atoms with Crippen molar-refractivity contribution in [2.24, 2.45) is 0 Å². The van der Waals surface area contributed by atoms with E-state index in [4.69, 9.17) is 9.47 Å². The molecule has 0 spiro atoms. The fourth-order valence-electron chi connectivity index (χ4n) is 3.30. The standard InChI is InChI=1S/C27H25N3O4S2/c1-17(25(31)30-27-29-24(16-35-27)18-6-4-8-21(14-18)33-2)36-23-12-10-20(11-13-23)28-26(32)19-7-5-9-22(15-19)34-3/h4-17H,1-3H3,(H,28,32)(H,29,30,31). The van der Waals surface area contributed by atoms with E-state index in [1.54, 1.807) is 38.5 Å². The Morgan fingerprint density at radius 1 is 0.917 bits per heavy atom. The van der Waals surface area contributed by atoms with Gasteiger partial charge in [-0.1, -0.05) is 18.2 Å². The maximum atomic E-state index is 12.7. The topological polar surface area (TPSA) is 89.5 Å². The Labute approximate surface area is 217 Å². The molecule has 4 aromatic rings. The van der Waals surface area contributed by atoms with Crippen LogP contribution in [-0.2, 0) is 4.79 Å². The molecule has 184 valence electrons. The highest BCUT2D eigenvalue weighted by atomic mass is 32.2. The minimum absolute atomic E-state index is 0.137. The Kier molecular flexibility index (Phi) is 8.24. The van der Waals surface area contributed by atoms with Gasteiger partial charge in [-0.15, -0.1) is 23.1 Å². The Bertz CT molecular complexity index is 1360. The van der Waals surface area contributed by atoms with E-state index in [2.05, 4.69) is 15.6 Å². The summed E-state index contributed by atoms with van der Waals surface area (Å²) < 4.78 is 10.4. The predicted molar refractivity (Wildman–Crippen MR) is 145 cm³/mol. The first-order valence-corrected chi connectivity index (χ1v) is 12.8. The highest BCUT2D eigenvalue weighted by Gasteiger charge is 2.17. The van der Waals surface area contributed by atoms with Crippen LogP contribution in [0.15, 0.2) is 83.1 Å². The molecule has 2 amide bonds. The average Bonchev–Trinajstić information content (AvgIpc) is 3.38. The zero-order valence-electron chi connectivity index (χ0n) is 20.0. The second-order valence-electron chi connectivity index (χ2n) is 7.73. The molecule has 0 saturated heterocycles. The van der Waals surface area contributed by atoms with Gasteiger partial charge in [-0.3, -0.25) is 9.59 Å². The fourth-order valence-corrected chi connectivity index (χ4v) is 4.89. The Morgan fingerprint density at radius 2 is 1.61 bits per heavy atom. The lowest BCUT2D eigenvalue weighted by atomic mass is 10.2. The van der Waals surface area contributed by atoms with E-state index < -0.39 is 0 Å². The smallest absolute Gasteiger partial charge is 0.255 e. The van der Waals surface area contributed by atoms with Crippen molar-refractivity contribution in [3.05, 3.63) is 83.7 Å².